The van der Waals surface area contributed by atoms with Gasteiger partial charge < -0.3 is 14.3 Å². The smallest absolute Gasteiger partial charge is 0.289 e. The fraction of sp³-hybridized carbons (Fsp3) is 0.500. The van der Waals surface area contributed by atoms with Crippen molar-refractivity contribution in [2.24, 2.45) is 13.0 Å². The Labute approximate surface area is 118 Å². The number of nitrogens with one attached hydrogen (secondary N) is 1. The highest BCUT2D eigenvalue weighted by atomic mass is 16.4. The molecule has 0 radical (unpaired) electrons. The molecule has 0 aliphatic carbocycles. The molecule has 1 amide bonds. The van der Waals surface area contributed by atoms with Crippen LogP contribution in [0.2, 0.25) is 0 Å². The quantitative estimate of drug-likeness (QED) is 0.928. The van der Waals surface area contributed by atoms with Gasteiger partial charge >= 0.3 is 0 Å². The highest BCUT2D eigenvalue weighted by Gasteiger charge is 2.25. The number of aryl methyl sites for hydroxylation is 3. The zero-order chi connectivity index (χ0) is 14.9. The maximum atomic E-state index is 12.3. The molecular weight excluding hydrogens is 256 g/mol. The second kappa shape index (κ2) is 5.48. The van der Waals surface area contributed by atoms with E-state index in [1.165, 1.54) is 0 Å². The van der Waals surface area contributed by atoms with E-state index in [-0.39, 0.29) is 23.6 Å². The van der Waals surface area contributed by atoms with Gasteiger partial charge in [-0.05, 0) is 12.8 Å². The van der Waals surface area contributed by atoms with Crippen molar-refractivity contribution in [3.8, 4) is 0 Å². The first-order valence-corrected chi connectivity index (χ1v) is 6.62. The van der Waals surface area contributed by atoms with Crippen LogP contribution in [0.5, 0.6) is 0 Å². The molecule has 20 heavy (non-hydrogen) atoms. The molecular formula is C14H20N4O2. The van der Waals surface area contributed by atoms with Gasteiger partial charge in [0.15, 0.2) is 5.89 Å². The number of hydrogen-bond acceptors (Lipinski definition) is 4. The molecule has 1 N–H and O–H groups in total. The van der Waals surface area contributed by atoms with Crippen molar-refractivity contribution < 1.29 is 9.21 Å². The summed E-state index contributed by atoms with van der Waals surface area (Å²) in [5, 5.41) is 2.97. The summed E-state index contributed by atoms with van der Waals surface area (Å²) in [6.07, 6.45) is 3.58. The van der Waals surface area contributed by atoms with Gasteiger partial charge in [0, 0.05) is 26.4 Å². The van der Waals surface area contributed by atoms with E-state index in [0.29, 0.717) is 11.6 Å². The average molecular weight is 276 g/mol. The maximum Gasteiger partial charge on any atom is 0.289 e. The fourth-order valence-electron chi connectivity index (χ4n) is 2.15. The molecule has 1 atom stereocenters. The Balaban J connectivity index is 2.23. The van der Waals surface area contributed by atoms with Gasteiger partial charge in [-0.1, -0.05) is 13.8 Å². The number of imidazole rings is 1. The predicted molar refractivity (Wildman–Crippen MR) is 74.2 cm³/mol. The summed E-state index contributed by atoms with van der Waals surface area (Å²) in [5.41, 5.74) is 0.599. The molecule has 6 heteroatoms. The second-order valence-electron chi connectivity index (χ2n) is 5.24. The van der Waals surface area contributed by atoms with Gasteiger partial charge in [0.25, 0.3) is 5.91 Å². The summed E-state index contributed by atoms with van der Waals surface area (Å²) < 4.78 is 7.26. The number of oxazole rings is 1. The molecule has 0 spiro atoms. The van der Waals surface area contributed by atoms with Crippen LogP contribution in [0, 0.1) is 19.8 Å². The second-order valence-corrected chi connectivity index (χ2v) is 5.24. The van der Waals surface area contributed by atoms with E-state index in [1.807, 2.05) is 31.7 Å². The lowest BCUT2D eigenvalue weighted by Crippen LogP contribution is -2.33. The van der Waals surface area contributed by atoms with E-state index >= 15 is 0 Å². The van der Waals surface area contributed by atoms with Gasteiger partial charge in [-0.2, -0.15) is 0 Å². The van der Waals surface area contributed by atoms with Crippen molar-refractivity contribution in [2.45, 2.75) is 33.7 Å². The van der Waals surface area contributed by atoms with Crippen molar-refractivity contribution in [1.29, 1.82) is 0 Å². The minimum absolute atomic E-state index is 0.174. The molecule has 0 aliphatic rings. The van der Waals surface area contributed by atoms with Crippen LogP contribution < -0.4 is 5.32 Å². The minimum atomic E-state index is -0.259. The van der Waals surface area contributed by atoms with Crippen molar-refractivity contribution in [2.75, 3.05) is 0 Å². The Kier molecular flexibility index (Phi) is 3.92. The highest BCUT2D eigenvalue weighted by Crippen LogP contribution is 2.21. The van der Waals surface area contributed by atoms with Crippen LogP contribution in [-0.2, 0) is 7.05 Å². The summed E-state index contributed by atoms with van der Waals surface area (Å²) >= 11 is 0. The Morgan fingerprint density at radius 3 is 2.55 bits per heavy atom. The standard InChI is InChI=1S/C14H20N4O2/c1-8(2)11(13-15-6-7-18(13)5)17-14(19)12-9(3)16-10(4)20-12/h6-8,11H,1-5H3,(H,17,19)/t11-/m1/s1. The normalized spacial score (nSPS) is 12.7. The molecule has 0 fully saturated rings. The Morgan fingerprint density at radius 2 is 2.10 bits per heavy atom. The van der Waals surface area contributed by atoms with Crippen LogP contribution in [-0.4, -0.2) is 20.4 Å². The van der Waals surface area contributed by atoms with Crippen LogP contribution in [0.3, 0.4) is 0 Å². The molecule has 2 aromatic heterocycles. The molecule has 0 unspecified atom stereocenters. The summed E-state index contributed by atoms with van der Waals surface area (Å²) in [6.45, 7) is 7.56. The van der Waals surface area contributed by atoms with E-state index in [0.717, 1.165) is 5.82 Å². The van der Waals surface area contributed by atoms with Crippen LogP contribution in [0.25, 0.3) is 0 Å². The van der Waals surface area contributed by atoms with Gasteiger partial charge in [0.05, 0.1) is 11.7 Å². The third-order valence-corrected chi connectivity index (χ3v) is 3.20. The predicted octanol–water partition coefficient (Wildman–Crippen LogP) is 2.15. The lowest BCUT2D eigenvalue weighted by atomic mass is 10.0. The molecule has 2 aromatic rings. The average Bonchev–Trinajstić information content (AvgIpc) is 2.91. The van der Waals surface area contributed by atoms with E-state index < -0.39 is 0 Å². The largest absolute Gasteiger partial charge is 0.436 e. The fourth-order valence-corrected chi connectivity index (χ4v) is 2.15. The van der Waals surface area contributed by atoms with Crippen molar-refractivity contribution in [1.82, 2.24) is 19.9 Å². The van der Waals surface area contributed by atoms with Gasteiger partial charge in [-0.25, -0.2) is 9.97 Å². The van der Waals surface area contributed by atoms with Gasteiger partial charge in [-0.15, -0.1) is 0 Å². The number of amides is 1. The number of rotatable bonds is 4. The number of aromatic nitrogens is 3. The molecule has 108 valence electrons. The molecule has 0 saturated heterocycles. The molecule has 2 heterocycles. The van der Waals surface area contributed by atoms with E-state index in [2.05, 4.69) is 15.3 Å². The lowest BCUT2D eigenvalue weighted by molar-refractivity contribution is 0.0892. The number of carbonyl (C=O) groups is 1. The number of hydrogen-bond donors (Lipinski definition) is 1. The lowest BCUT2D eigenvalue weighted by Gasteiger charge is -2.21. The van der Waals surface area contributed by atoms with Gasteiger partial charge in [-0.3, -0.25) is 4.79 Å². The molecule has 0 aliphatic heterocycles. The molecule has 0 saturated carbocycles. The SMILES string of the molecule is Cc1nc(C)c(C(=O)N[C@@H](c2nccn2C)C(C)C)o1. The van der Waals surface area contributed by atoms with E-state index in [1.54, 1.807) is 20.0 Å². The first kappa shape index (κ1) is 14.3. The Morgan fingerprint density at radius 1 is 1.40 bits per heavy atom. The highest BCUT2D eigenvalue weighted by molar-refractivity contribution is 5.92. The van der Waals surface area contributed by atoms with Crippen molar-refractivity contribution >= 4 is 5.91 Å². The Bertz CT molecular complexity index is 612. The zero-order valence-electron chi connectivity index (χ0n) is 12.5. The molecule has 2 rings (SSSR count). The third-order valence-electron chi connectivity index (χ3n) is 3.20. The topological polar surface area (TPSA) is 73.0 Å². The monoisotopic (exact) mass is 276 g/mol. The minimum Gasteiger partial charge on any atom is -0.436 e. The zero-order valence-corrected chi connectivity index (χ0v) is 12.5. The molecule has 0 aromatic carbocycles. The van der Waals surface area contributed by atoms with Gasteiger partial charge in [0.1, 0.15) is 5.82 Å². The number of nitrogens with zero attached hydrogens (tertiary/aromatic N) is 3. The first-order valence-electron chi connectivity index (χ1n) is 6.62. The van der Waals surface area contributed by atoms with Crippen molar-refractivity contribution in [3.05, 3.63) is 35.6 Å². The number of carbonyl (C=O) groups excluding carboxylic acids is 1. The van der Waals surface area contributed by atoms with Crippen molar-refractivity contribution in [3.63, 3.8) is 0 Å². The maximum absolute atomic E-state index is 12.3. The van der Waals surface area contributed by atoms with Gasteiger partial charge in [0.2, 0.25) is 5.76 Å². The van der Waals surface area contributed by atoms with Crippen LogP contribution in [0.4, 0.5) is 0 Å². The summed E-state index contributed by atoms with van der Waals surface area (Å²) in [5.74, 6) is 1.53. The van der Waals surface area contributed by atoms with E-state index in [9.17, 15) is 4.79 Å². The first-order chi connectivity index (χ1) is 9.40. The summed E-state index contributed by atoms with van der Waals surface area (Å²) in [7, 11) is 1.91. The summed E-state index contributed by atoms with van der Waals surface area (Å²) in [4.78, 5) is 20.7. The third kappa shape index (κ3) is 2.74. The summed E-state index contributed by atoms with van der Waals surface area (Å²) in [6, 6.07) is -0.174. The van der Waals surface area contributed by atoms with Crippen LogP contribution in [0.15, 0.2) is 16.8 Å². The van der Waals surface area contributed by atoms with Crippen LogP contribution in [0.1, 0.15) is 47.9 Å². The van der Waals surface area contributed by atoms with E-state index in [4.69, 9.17) is 4.42 Å². The Hall–Kier alpha value is -2.11. The molecule has 0 bridgehead atoms. The van der Waals surface area contributed by atoms with Crippen LogP contribution >= 0.6 is 0 Å². The molecule has 6 nitrogen and oxygen atoms in total.